The summed E-state index contributed by atoms with van der Waals surface area (Å²) >= 11 is 3.17. The van der Waals surface area contributed by atoms with Crippen molar-refractivity contribution in [1.82, 2.24) is 0 Å². The van der Waals surface area contributed by atoms with E-state index in [0.29, 0.717) is 15.1 Å². The number of rotatable bonds is 5. The maximum Gasteiger partial charge on any atom is 0.336 e. The standard InChI is InChI=1S/C13H15BrO4S/c14-12-4-3-10(8-11(12)13(15)16)19(17)7-5-9-2-1-6-18-9/h3-4,8-9H,1-2,5-7H2,(H,15,16). The van der Waals surface area contributed by atoms with E-state index in [1.165, 1.54) is 6.07 Å². The quantitative estimate of drug-likeness (QED) is 0.890. The zero-order valence-corrected chi connectivity index (χ0v) is 12.7. The first-order valence-electron chi connectivity index (χ1n) is 6.11. The van der Waals surface area contributed by atoms with Gasteiger partial charge in [-0.15, -0.1) is 0 Å². The number of halogens is 1. The van der Waals surface area contributed by atoms with Crippen LogP contribution < -0.4 is 0 Å². The molecule has 1 N–H and O–H groups in total. The molecule has 0 bridgehead atoms. The Hall–Kier alpha value is -0.720. The average Bonchev–Trinajstić information content (AvgIpc) is 2.89. The molecule has 1 aromatic carbocycles. The first kappa shape index (κ1) is 14.7. The fourth-order valence-corrected chi connectivity index (χ4v) is 3.64. The summed E-state index contributed by atoms with van der Waals surface area (Å²) in [6, 6.07) is 4.79. The molecule has 2 unspecified atom stereocenters. The van der Waals surface area contributed by atoms with Crippen LogP contribution in [0.5, 0.6) is 0 Å². The van der Waals surface area contributed by atoms with Gasteiger partial charge >= 0.3 is 5.97 Å². The van der Waals surface area contributed by atoms with Gasteiger partial charge in [0.15, 0.2) is 0 Å². The topological polar surface area (TPSA) is 63.6 Å². The summed E-state index contributed by atoms with van der Waals surface area (Å²) < 4.78 is 18.1. The van der Waals surface area contributed by atoms with Crippen LogP contribution in [0.2, 0.25) is 0 Å². The molecule has 1 heterocycles. The van der Waals surface area contributed by atoms with Crippen molar-refractivity contribution in [3.8, 4) is 0 Å². The molecule has 0 aliphatic carbocycles. The molecule has 0 spiro atoms. The summed E-state index contributed by atoms with van der Waals surface area (Å²) in [5, 5.41) is 9.03. The van der Waals surface area contributed by atoms with Gasteiger partial charge in [0.2, 0.25) is 0 Å². The van der Waals surface area contributed by atoms with Crippen molar-refractivity contribution in [3.63, 3.8) is 0 Å². The first-order chi connectivity index (χ1) is 9.08. The molecule has 6 heteroatoms. The van der Waals surface area contributed by atoms with E-state index in [1.54, 1.807) is 12.1 Å². The number of carbonyl (C=O) groups is 1. The van der Waals surface area contributed by atoms with Crippen molar-refractivity contribution in [3.05, 3.63) is 28.2 Å². The summed E-state index contributed by atoms with van der Waals surface area (Å²) in [6.07, 6.45) is 3.06. The Morgan fingerprint density at radius 1 is 1.53 bits per heavy atom. The van der Waals surface area contributed by atoms with Crippen LogP contribution in [0.1, 0.15) is 29.6 Å². The Balaban J connectivity index is 2.02. The van der Waals surface area contributed by atoms with E-state index in [1.807, 2.05) is 0 Å². The van der Waals surface area contributed by atoms with Crippen LogP contribution in [-0.2, 0) is 15.5 Å². The van der Waals surface area contributed by atoms with Gasteiger partial charge in [0, 0.05) is 21.7 Å². The number of ether oxygens (including phenoxy) is 1. The van der Waals surface area contributed by atoms with Crippen LogP contribution in [0.3, 0.4) is 0 Å². The fourth-order valence-electron chi connectivity index (χ4n) is 2.04. The van der Waals surface area contributed by atoms with E-state index in [0.717, 1.165) is 25.9 Å². The van der Waals surface area contributed by atoms with E-state index in [4.69, 9.17) is 9.84 Å². The summed E-state index contributed by atoms with van der Waals surface area (Å²) in [4.78, 5) is 11.6. The summed E-state index contributed by atoms with van der Waals surface area (Å²) in [7, 11) is -1.18. The largest absolute Gasteiger partial charge is 0.478 e. The first-order valence-corrected chi connectivity index (χ1v) is 8.22. The number of carboxylic acid groups (broad SMARTS) is 1. The van der Waals surface area contributed by atoms with Crippen LogP contribution in [0.15, 0.2) is 27.6 Å². The number of hydrogen-bond acceptors (Lipinski definition) is 3. The number of hydrogen-bond donors (Lipinski definition) is 1. The number of aromatic carboxylic acids is 1. The lowest BCUT2D eigenvalue weighted by molar-refractivity contribution is 0.0695. The molecule has 19 heavy (non-hydrogen) atoms. The molecule has 1 saturated heterocycles. The van der Waals surface area contributed by atoms with E-state index >= 15 is 0 Å². The number of benzene rings is 1. The highest BCUT2D eigenvalue weighted by Crippen LogP contribution is 2.22. The third-order valence-electron chi connectivity index (χ3n) is 3.08. The molecule has 104 valence electrons. The molecular weight excluding hydrogens is 332 g/mol. The predicted molar refractivity (Wildman–Crippen MR) is 76.0 cm³/mol. The Bertz CT molecular complexity index is 497. The van der Waals surface area contributed by atoms with Gasteiger partial charge in [0.05, 0.1) is 22.5 Å². The minimum atomic E-state index is -1.18. The van der Waals surface area contributed by atoms with Crippen molar-refractivity contribution in [2.24, 2.45) is 0 Å². The zero-order chi connectivity index (χ0) is 13.8. The van der Waals surface area contributed by atoms with Gasteiger partial charge in [-0.1, -0.05) is 0 Å². The molecule has 2 rings (SSSR count). The third-order valence-corrected chi connectivity index (χ3v) is 5.16. The van der Waals surface area contributed by atoms with Crippen LogP contribution in [0.25, 0.3) is 0 Å². The lowest BCUT2D eigenvalue weighted by Gasteiger charge is -2.09. The normalized spacial score (nSPS) is 20.4. The highest BCUT2D eigenvalue weighted by atomic mass is 79.9. The van der Waals surface area contributed by atoms with Crippen molar-refractivity contribution in [2.45, 2.75) is 30.3 Å². The van der Waals surface area contributed by atoms with Gasteiger partial charge < -0.3 is 9.84 Å². The van der Waals surface area contributed by atoms with Crippen LogP contribution in [-0.4, -0.2) is 33.7 Å². The van der Waals surface area contributed by atoms with Crippen molar-refractivity contribution >= 4 is 32.7 Å². The summed E-state index contributed by atoms with van der Waals surface area (Å²) in [6.45, 7) is 0.790. The van der Waals surface area contributed by atoms with Gasteiger partial charge in [0.1, 0.15) is 0 Å². The summed E-state index contributed by atoms with van der Waals surface area (Å²) in [5.74, 6) is -0.518. The molecular formula is C13H15BrO4S. The van der Waals surface area contributed by atoms with E-state index in [-0.39, 0.29) is 11.7 Å². The van der Waals surface area contributed by atoms with Gasteiger partial charge in [-0.3, -0.25) is 4.21 Å². The highest BCUT2D eigenvalue weighted by Gasteiger charge is 2.18. The number of carboxylic acids is 1. The molecule has 0 aromatic heterocycles. The molecule has 1 aliphatic rings. The van der Waals surface area contributed by atoms with Gasteiger partial charge in [-0.05, 0) is 53.4 Å². The molecule has 4 nitrogen and oxygen atoms in total. The highest BCUT2D eigenvalue weighted by molar-refractivity contribution is 9.10. The smallest absolute Gasteiger partial charge is 0.336 e. The van der Waals surface area contributed by atoms with Crippen LogP contribution in [0.4, 0.5) is 0 Å². The van der Waals surface area contributed by atoms with Gasteiger partial charge in [-0.25, -0.2) is 4.79 Å². The molecule has 2 atom stereocenters. The maximum atomic E-state index is 12.1. The van der Waals surface area contributed by atoms with Gasteiger partial charge in [0.25, 0.3) is 0 Å². The minimum absolute atomic E-state index is 0.142. The third kappa shape index (κ3) is 3.87. The van der Waals surface area contributed by atoms with Crippen molar-refractivity contribution < 1.29 is 18.8 Å². The average molecular weight is 347 g/mol. The van der Waals surface area contributed by atoms with Crippen molar-refractivity contribution in [2.75, 3.05) is 12.4 Å². The second kappa shape index (κ2) is 6.63. The second-order valence-corrected chi connectivity index (χ2v) is 6.85. The van der Waals surface area contributed by atoms with Crippen LogP contribution >= 0.6 is 15.9 Å². The molecule has 0 amide bonds. The van der Waals surface area contributed by atoms with E-state index in [2.05, 4.69) is 15.9 Å². The Morgan fingerprint density at radius 3 is 2.95 bits per heavy atom. The molecule has 0 saturated carbocycles. The van der Waals surface area contributed by atoms with E-state index < -0.39 is 16.8 Å². The second-order valence-electron chi connectivity index (χ2n) is 4.42. The lowest BCUT2D eigenvalue weighted by atomic mass is 10.2. The molecule has 1 aromatic rings. The van der Waals surface area contributed by atoms with Crippen molar-refractivity contribution in [1.29, 1.82) is 0 Å². The molecule has 1 aliphatic heterocycles. The molecule has 0 radical (unpaired) electrons. The molecule has 1 fully saturated rings. The SMILES string of the molecule is O=C(O)c1cc(S(=O)CCC2CCCO2)ccc1Br. The maximum absolute atomic E-state index is 12.1. The monoisotopic (exact) mass is 346 g/mol. The zero-order valence-electron chi connectivity index (χ0n) is 10.3. The van der Waals surface area contributed by atoms with Gasteiger partial charge in [-0.2, -0.15) is 0 Å². The lowest BCUT2D eigenvalue weighted by Crippen LogP contribution is -2.11. The predicted octanol–water partition coefficient (Wildman–Crippen LogP) is 2.82. The summed E-state index contributed by atoms with van der Waals surface area (Å²) in [5.41, 5.74) is 0.142. The Labute approximate surface area is 122 Å². The Kier molecular flexibility index (Phi) is 5.13. The Morgan fingerprint density at radius 2 is 2.32 bits per heavy atom. The van der Waals surface area contributed by atoms with E-state index in [9.17, 15) is 9.00 Å². The van der Waals surface area contributed by atoms with Crippen LogP contribution in [0, 0.1) is 0 Å². The minimum Gasteiger partial charge on any atom is -0.478 e. The fraction of sp³-hybridized carbons (Fsp3) is 0.462.